The summed E-state index contributed by atoms with van der Waals surface area (Å²) < 4.78 is 0. The first kappa shape index (κ1) is 14.2. The van der Waals surface area contributed by atoms with Crippen molar-refractivity contribution >= 4 is 5.97 Å². The fourth-order valence-electron chi connectivity index (χ4n) is 1.41. The molecule has 0 spiro atoms. The van der Waals surface area contributed by atoms with Gasteiger partial charge in [-0.25, -0.2) is 4.79 Å². The molecule has 0 aliphatic rings. The van der Waals surface area contributed by atoms with Gasteiger partial charge in [0.25, 0.3) is 0 Å². The minimum absolute atomic E-state index is 0.473. The molecule has 0 bridgehead atoms. The Morgan fingerprint density at radius 1 is 1.40 bits per heavy atom. The minimum atomic E-state index is -0.882. The van der Waals surface area contributed by atoms with E-state index in [-0.39, 0.29) is 0 Å². The Bertz CT molecular complexity index is 190. The number of hydrogen-bond donors (Lipinski definition) is 2. The Morgan fingerprint density at radius 3 is 2.73 bits per heavy atom. The molecule has 0 aliphatic carbocycles. The highest BCUT2D eigenvalue weighted by atomic mass is 16.4. The van der Waals surface area contributed by atoms with Gasteiger partial charge in [-0.05, 0) is 13.3 Å². The summed E-state index contributed by atoms with van der Waals surface area (Å²) in [6, 6.07) is 0.473. The lowest BCUT2D eigenvalue weighted by Gasteiger charge is -2.11. The number of unbranched alkanes of at least 4 members (excludes halogenated alkanes) is 3. The lowest BCUT2D eigenvalue weighted by molar-refractivity contribution is -0.131. The second kappa shape index (κ2) is 9.71. The molecule has 0 aromatic carbocycles. The molecule has 3 nitrogen and oxygen atoms in total. The van der Waals surface area contributed by atoms with Gasteiger partial charge in [-0.3, -0.25) is 0 Å². The molecule has 0 saturated heterocycles. The Balaban J connectivity index is 3.33. The molecule has 88 valence electrons. The zero-order valence-corrected chi connectivity index (χ0v) is 9.83. The van der Waals surface area contributed by atoms with Crippen LogP contribution in [0.5, 0.6) is 0 Å². The number of carboxylic acids is 1. The quantitative estimate of drug-likeness (QED) is 0.457. The van der Waals surface area contributed by atoms with Crippen LogP contribution in [0, 0.1) is 0 Å². The van der Waals surface area contributed by atoms with Crippen molar-refractivity contribution in [2.45, 2.75) is 52.0 Å². The van der Waals surface area contributed by atoms with Crippen LogP contribution >= 0.6 is 0 Å². The fourth-order valence-corrected chi connectivity index (χ4v) is 1.41. The van der Waals surface area contributed by atoms with Gasteiger partial charge in [0.05, 0.1) is 0 Å². The van der Waals surface area contributed by atoms with Crippen molar-refractivity contribution in [2.75, 3.05) is 6.54 Å². The van der Waals surface area contributed by atoms with E-state index in [1.807, 2.05) is 0 Å². The van der Waals surface area contributed by atoms with Crippen LogP contribution in [0.25, 0.3) is 0 Å². The van der Waals surface area contributed by atoms with Gasteiger partial charge in [0.1, 0.15) is 0 Å². The van der Waals surface area contributed by atoms with Crippen molar-refractivity contribution in [3.63, 3.8) is 0 Å². The minimum Gasteiger partial charge on any atom is -0.478 e. The Hall–Kier alpha value is -0.830. The van der Waals surface area contributed by atoms with Crippen LogP contribution in [-0.2, 0) is 4.79 Å². The van der Waals surface area contributed by atoms with E-state index in [1.54, 1.807) is 6.08 Å². The summed E-state index contributed by atoms with van der Waals surface area (Å²) in [5.74, 6) is -0.882. The summed E-state index contributed by atoms with van der Waals surface area (Å²) >= 11 is 0. The van der Waals surface area contributed by atoms with Crippen LogP contribution in [0.1, 0.15) is 46.0 Å². The number of nitrogens with one attached hydrogen (secondary N) is 1. The predicted octanol–water partition coefficient (Wildman–Crippen LogP) is 2.58. The van der Waals surface area contributed by atoms with Crippen LogP contribution in [0.4, 0.5) is 0 Å². The molecule has 0 aromatic heterocycles. The number of rotatable bonds is 9. The average molecular weight is 213 g/mol. The molecule has 0 aromatic rings. The molecule has 0 amide bonds. The standard InChI is InChI=1S/C12H23NO2/c1-3-4-5-6-8-11(2)13-10-7-9-12(14)15/h7,9,11,13H,3-6,8,10H2,1-2H3,(H,14,15)/b9-7+. The molecule has 3 heteroatoms. The Kier molecular flexibility index (Phi) is 9.18. The third-order valence-corrected chi connectivity index (χ3v) is 2.34. The van der Waals surface area contributed by atoms with E-state index in [0.717, 1.165) is 0 Å². The van der Waals surface area contributed by atoms with E-state index in [4.69, 9.17) is 5.11 Å². The molecule has 1 unspecified atom stereocenters. The Labute approximate surface area is 92.6 Å². The molecule has 0 rings (SSSR count). The third-order valence-electron chi connectivity index (χ3n) is 2.34. The lowest BCUT2D eigenvalue weighted by Crippen LogP contribution is -2.25. The first-order chi connectivity index (χ1) is 7.16. The van der Waals surface area contributed by atoms with Crippen LogP contribution in [0.3, 0.4) is 0 Å². The van der Waals surface area contributed by atoms with Crippen molar-refractivity contribution in [1.82, 2.24) is 5.32 Å². The number of aliphatic carboxylic acids is 1. The number of carboxylic acid groups (broad SMARTS) is 1. The van der Waals surface area contributed by atoms with Crippen molar-refractivity contribution in [3.8, 4) is 0 Å². The van der Waals surface area contributed by atoms with Crippen molar-refractivity contribution < 1.29 is 9.90 Å². The van der Waals surface area contributed by atoms with Crippen molar-refractivity contribution in [2.24, 2.45) is 0 Å². The second-order valence-electron chi connectivity index (χ2n) is 3.90. The summed E-state index contributed by atoms with van der Waals surface area (Å²) in [5.41, 5.74) is 0. The molecular formula is C12H23NO2. The van der Waals surface area contributed by atoms with Crippen LogP contribution < -0.4 is 5.32 Å². The largest absolute Gasteiger partial charge is 0.478 e. The van der Waals surface area contributed by atoms with Crippen molar-refractivity contribution in [3.05, 3.63) is 12.2 Å². The van der Waals surface area contributed by atoms with E-state index >= 15 is 0 Å². The monoisotopic (exact) mass is 213 g/mol. The second-order valence-corrected chi connectivity index (χ2v) is 3.90. The van der Waals surface area contributed by atoms with Gasteiger partial charge in [0.2, 0.25) is 0 Å². The molecule has 0 radical (unpaired) electrons. The number of hydrogen-bond acceptors (Lipinski definition) is 2. The molecule has 2 N–H and O–H groups in total. The lowest BCUT2D eigenvalue weighted by atomic mass is 10.1. The van der Waals surface area contributed by atoms with E-state index in [1.165, 1.54) is 38.2 Å². The van der Waals surface area contributed by atoms with E-state index in [2.05, 4.69) is 19.2 Å². The first-order valence-corrected chi connectivity index (χ1v) is 5.79. The summed E-state index contributed by atoms with van der Waals surface area (Å²) in [6.45, 7) is 4.99. The first-order valence-electron chi connectivity index (χ1n) is 5.79. The van der Waals surface area contributed by atoms with Gasteiger partial charge < -0.3 is 10.4 Å². The summed E-state index contributed by atoms with van der Waals surface area (Å²) in [6.07, 6.45) is 9.12. The van der Waals surface area contributed by atoms with E-state index < -0.39 is 5.97 Å². The Morgan fingerprint density at radius 2 is 2.13 bits per heavy atom. The summed E-state index contributed by atoms with van der Waals surface area (Å²) in [4.78, 5) is 10.2. The molecule has 0 aliphatic heterocycles. The smallest absolute Gasteiger partial charge is 0.328 e. The fraction of sp³-hybridized carbons (Fsp3) is 0.750. The van der Waals surface area contributed by atoms with Crippen LogP contribution in [0.15, 0.2) is 12.2 Å². The highest BCUT2D eigenvalue weighted by Gasteiger charge is 1.98. The van der Waals surface area contributed by atoms with E-state index in [0.29, 0.717) is 12.6 Å². The van der Waals surface area contributed by atoms with Crippen molar-refractivity contribution in [1.29, 1.82) is 0 Å². The molecular weight excluding hydrogens is 190 g/mol. The van der Waals surface area contributed by atoms with Gasteiger partial charge in [-0.1, -0.05) is 38.7 Å². The van der Waals surface area contributed by atoms with Gasteiger partial charge in [0, 0.05) is 18.7 Å². The SMILES string of the molecule is CCCCCCC(C)NC/C=C/C(=O)O. The molecule has 1 atom stereocenters. The van der Waals surface area contributed by atoms with Gasteiger partial charge in [0.15, 0.2) is 0 Å². The molecule has 0 fully saturated rings. The molecule has 0 heterocycles. The topological polar surface area (TPSA) is 49.3 Å². The van der Waals surface area contributed by atoms with Gasteiger partial charge in [-0.15, -0.1) is 0 Å². The number of carbonyl (C=O) groups is 1. The van der Waals surface area contributed by atoms with Crippen LogP contribution in [-0.4, -0.2) is 23.7 Å². The summed E-state index contributed by atoms with van der Waals surface area (Å²) in [5, 5.41) is 11.6. The van der Waals surface area contributed by atoms with E-state index in [9.17, 15) is 4.79 Å². The highest BCUT2D eigenvalue weighted by molar-refractivity contribution is 5.79. The van der Waals surface area contributed by atoms with Crippen LogP contribution in [0.2, 0.25) is 0 Å². The molecule has 15 heavy (non-hydrogen) atoms. The highest BCUT2D eigenvalue weighted by Crippen LogP contribution is 2.04. The maximum atomic E-state index is 10.2. The van der Waals surface area contributed by atoms with Gasteiger partial charge >= 0.3 is 5.97 Å². The zero-order valence-electron chi connectivity index (χ0n) is 9.83. The predicted molar refractivity (Wildman–Crippen MR) is 63.0 cm³/mol. The normalized spacial score (nSPS) is 13.2. The molecule has 0 saturated carbocycles. The maximum absolute atomic E-state index is 10.2. The zero-order chi connectivity index (χ0) is 11.5. The summed E-state index contributed by atoms with van der Waals surface area (Å²) in [7, 11) is 0. The average Bonchev–Trinajstić information content (AvgIpc) is 2.19. The van der Waals surface area contributed by atoms with Gasteiger partial charge in [-0.2, -0.15) is 0 Å². The maximum Gasteiger partial charge on any atom is 0.328 e. The third kappa shape index (κ3) is 11.1.